The first-order chi connectivity index (χ1) is 13.5. The third-order valence-electron chi connectivity index (χ3n) is 5.50. The molecule has 0 radical (unpaired) electrons. The summed E-state index contributed by atoms with van der Waals surface area (Å²) in [5.74, 6) is 0.291. The van der Waals surface area contributed by atoms with E-state index in [2.05, 4.69) is 4.98 Å². The Labute approximate surface area is 164 Å². The van der Waals surface area contributed by atoms with Crippen LogP contribution in [0, 0.1) is 5.92 Å². The molecule has 1 saturated heterocycles. The van der Waals surface area contributed by atoms with Crippen LogP contribution in [0.4, 0.5) is 0 Å². The molecule has 0 aliphatic carbocycles. The average Bonchev–Trinajstić information content (AvgIpc) is 2.94. The lowest BCUT2D eigenvalue weighted by atomic mass is 9.98. The highest BCUT2D eigenvalue weighted by Crippen LogP contribution is 2.23. The number of fused-ring (bicyclic) bond motifs is 1. The summed E-state index contributed by atoms with van der Waals surface area (Å²) in [5, 5.41) is 0. The Morgan fingerprint density at radius 1 is 1.07 bits per heavy atom. The standard InChI is InChI=1S/C20H24N4O3S/c1-22-18-8-5-11-21-19(18)24(20(22)25)14-16-9-12-23(13-10-16)28(26,27)15-17-6-3-2-4-7-17/h2-8,11,16H,9-10,12-15H2,1H3. The largest absolute Gasteiger partial charge is 0.330 e. The number of nitrogens with zero attached hydrogens (tertiary/aromatic N) is 4. The van der Waals surface area contributed by atoms with Crippen molar-refractivity contribution in [3.05, 3.63) is 64.7 Å². The molecule has 1 aliphatic heterocycles. The SMILES string of the molecule is Cn1c(=O)n(CC2CCN(S(=O)(=O)Cc3ccccc3)CC2)c2ncccc21. The quantitative estimate of drug-likeness (QED) is 0.656. The van der Waals surface area contributed by atoms with Crippen LogP contribution in [0.2, 0.25) is 0 Å². The van der Waals surface area contributed by atoms with Gasteiger partial charge < -0.3 is 0 Å². The van der Waals surface area contributed by atoms with Gasteiger partial charge >= 0.3 is 5.69 Å². The van der Waals surface area contributed by atoms with Crippen LogP contribution in [-0.4, -0.2) is 39.9 Å². The molecule has 148 valence electrons. The van der Waals surface area contributed by atoms with Gasteiger partial charge in [0, 0.05) is 32.9 Å². The lowest BCUT2D eigenvalue weighted by Crippen LogP contribution is -2.40. The van der Waals surface area contributed by atoms with Crippen LogP contribution in [0.25, 0.3) is 11.2 Å². The lowest BCUT2D eigenvalue weighted by molar-refractivity contribution is 0.252. The summed E-state index contributed by atoms with van der Waals surface area (Å²) < 4.78 is 30.3. The van der Waals surface area contributed by atoms with E-state index in [1.165, 1.54) is 0 Å². The van der Waals surface area contributed by atoms with Crippen molar-refractivity contribution >= 4 is 21.2 Å². The first-order valence-corrected chi connectivity index (χ1v) is 11.1. The van der Waals surface area contributed by atoms with E-state index in [4.69, 9.17) is 0 Å². The number of benzene rings is 1. The number of sulfonamides is 1. The molecule has 0 unspecified atom stereocenters. The molecule has 1 aliphatic rings. The number of pyridine rings is 1. The van der Waals surface area contributed by atoms with Crippen molar-refractivity contribution in [1.29, 1.82) is 0 Å². The van der Waals surface area contributed by atoms with E-state index in [1.54, 1.807) is 26.7 Å². The second kappa shape index (κ2) is 7.52. The number of hydrogen-bond acceptors (Lipinski definition) is 4. The summed E-state index contributed by atoms with van der Waals surface area (Å²) in [5.41, 5.74) is 2.23. The molecule has 1 aromatic carbocycles. The molecule has 8 heteroatoms. The van der Waals surface area contributed by atoms with E-state index in [-0.39, 0.29) is 17.4 Å². The number of piperidine rings is 1. The van der Waals surface area contributed by atoms with Crippen molar-refractivity contribution in [1.82, 2.24) is 18.4 Å². The minimum atomic E-state index is -3.32. The molecule has 0 saturated carbocycles. The van der Waals surface area contributed by atoms with Gasteiger partial charge in [0.1, 0.15) is 0 Å². The van der Waals surface area contributed by atoms with Crippen LogP contribution in [0.15, 0.2) is 53.5 Å². The van der Waals surface area contributed by atoms with Gasteiger partial charge in [-0.25, -0.2) is 22.5 Å². The number of rotatable bonds is 5. The molecule has 28 heavy (non-hydrogen) atoms. The highest BCUT2D eigenvalue weighted by atomic mass is 32.2. The fourth-order valence-electron chi connectivity index (χ4n) is 3.90. The van der Waals surface area contributed by atoms with Crippen LogP contribution in [0.3, 0.4) is 0 Å². The number of aryl methyl sites for hydroxylation is 1. The van der Waals surface area contributed by atoms with Gasteiger partial charge in [0.25, 0.3) is 0 Å². The molecule has 0 atom stereocenters. The molecule has 1 fully saturated rings. The topological polar surface area (TPSA) is 77.2 Å². The van der Waals surface area contributed by atoms with Crippen LogP contribution in [0.1, 0.15) is 18.4 Å². The molecular weight excluding hydrogens is 376 g/mol. The minimum Gasteiger partial charge on any atom is -0.293 e. The molecule has 0 spiro atoms. The minimum absolute atomic E-state index is 0.0329. The molecule has 0 bridgehead atoms. The average molecular weight is 401 g/mol. The molecule has 3 aromatic rings. The molecule has 2 aromatic heterocycles. The Bertz CT molecular complexity index is 1130. The Morgan fingerprint density at radius 2 is 1.79 bits per heavy atom. The number of hydrogen-bond donors (Lipinski definition) is 0. The Morgan fingerprint density at radius 3 is 2.50 bits per heavy atom. The van der Waals surface area contributed by atoms with Crippen molar-refractivity contribution < 1.29 is 8.42 Å². The number of aromatic nitrogens is 3. The highest BCUT2D eigenvalue weighted by molar-refractivity contribution is 7.88. The molecule has 4 rings (SSSR count). The van der Waals surface area contributed by atoms with Gasteiger partial charge in [-0.2, -0.15) is 0 Å². The first-order valence-electron chi connectivity index (χ1n) is 9.48. The molecular formula is C20H24N4O3S. The van der Waals surface area contributed by atoms with Crippen LogP contribution in [0.5, 0.6) is 0 Å². The zero-order chi connectivity index (χ0) is 19.7. The monoisotopic (exact) mass is 400 g/mol. The second-order valence-electron chi connectivity index (χ2n) is 7.38. The molecule has 0 amide bonds. The fraction of sp³-hybridized carbons (Fsp3) is 0.400. The van der Waals surface area contributed by atoms with Crippen molar-refractivity contribution in [2.24, 2.45) is 13.0 Å². The van der Waals surface area contributed by atoms with Crippen molar-refractivity contribution in [2.45, 2.75) is 25.1 Å². The van der Waals surface area contributed by atoms with Gasteiger partial charge in [0.15, 0.2) is 5.65 Å². The maximum atomic E-state index is 12.7. The predicted octanol–water partition coefficient (Wildman–Crippen LogP) is 1.98. The first kappa shape index (κ1) is 18.9. The maximum absolute atomic E-state index is 12.7. The Kier molecular flexibility index (Phi) is 5.07. The third kappa shape index (κ3) is 3.62. The van der Waals surface area contributed by atoms with E-state index < -0.39 is 10.0 Å². The van der Waals surface area contributed by atoms with Gasteiger partial charge in [-0.05, 0) is 36.5 Å². The van der Waals surface area contributed by atoms with Gasteiger partial charge in [0.2, 0.25) is 10.0 Å². The van der Waals surface area contributed by atoms with Gasteiger partial charge in [0.05, 0.1) is 11.3 Å². The van der Waals surface area contributed by atoms with Gasteiger partial charge in [-0.1, -0.05) is 30.3 Å². The van der Waals surface area contributed by atoms with Crippen molar-refractivity contribution in [3.8, 4) is 0 Å². The summed E-state index contributed by atoms with van der Waals surface area (Å²) in [6, 6.07) is 13.0. The fourth-order valence-corrected chi connectivity index (χ4v) is 5.47. The van der Waals surface area contributed by atoms with Crippen LogP contribution in [-0.2, 0) is 29.4 Å². The molecule has 3 heterocycles. The molecule has 0 N–H and O–H groups in total. The smallest absolute Gasteiger partial charge is 0.293 e. The molecule has 7 nitrogen and oxygen atoms in total. The lowest BCUT2D eigenvalue weighted by Gasteiger charge is -2.31. The summed E-state index contributed by atoms with van der Waals surface area (Å²) in [6.07, 6.45) is 3.17. The van der Waals surface area contributed by atoms with Crippen molar-refractivity contribution in [2.75, 3.05) is 13.1 Å². The summed E-state index contributed by atoms with van der Waals surface area (Å²) in [6.45, 7) is 1.55. The highest BCUT2D eigenvalue weighted by Gasteiger charge is 2.29. The van der Waals surface area contributed by atoms with Gasteiger partial charge in [-0.15, -0.1) is 0 Å². The van der Waals surface area contributed by atoms with Gasteiger partial charge in [-0.3, -0.25) is 9.13 Å². The predicted molar refractivity (Wildman–Crippen MR) is 108 cm³/mol. The summed E-state index contributed by atoms with van der Waals surface area (Å²) >= 11 is 0. The second-order valence-corrected chi connectivity index (χ2v) is 9.35. The van der Waals surface area contributed by atoms with E-state index in [0.717, 1.165) is 23.9 Å². The zero-order valence-corrected chi connectivity index (χ0v) is 16.7. The normalized spacial score (nSPS) is 16.6. The third-order valence-corrected chi connectivity index (χ3v) is 7.35. The van der Waals surface area contributed by atoms with Crippen LogP contribution >= 0.6 is 0 Å². The Balaban J connectivity index is 1.44. The van der Waals surface area contributed by atoms with E-state index in [9.17, 15) is 13.2 Å². The maximum Gasteiger partial charge on any atom is 0.330 e. The van der Waals surface area contributed by atoms with Crippen molar-refractivity contribution in [3.63, 3.8) is 0 Å². The van der Waals surface area contributed by atoms with E-state index >= 15 is 0 Å². The summed E-state index contributed by atoms with van der Waals surface area (Å²) in [4.78, 5) is 16.9. The van der Waals surface area contributed by atoms with E-state index in [1.807, 2.05) is 42.5 Å². The van der Waals surface area contributed by atoms with Crippen LogP contribution < -0.4 is 5.69 Å². The number of imidazole rings is 1. The zero-order valence-electron chi connectivity index (χ0n) is 15.9. The Hall–Kier alpha value is -2.45. The van der Waals surface area contributed by atoms with E-state index in [0.29, 0.717) is 25.3 Å². The summed E-state index contributed by atoms with van der Waals surface area (Å²) in [7, 11) is -1.57.